The molecule has 1 aromatic carbocycles. The van der Waals surface area contributed by atoms with Crippen molar-refractivity contribution >= 4 is 0 Å². The first-order valence-electron chi connectivity index (χ1n) is 7.35. The fourth-order valence-corrected chi connectivity index (χ4v) is 3.26. The van der Waals surface area contributed by atoms with Crippen LogP contribution in [0.25, 0.3) is 0 Å². The van der Waals surface area contributed by atoms with Gasteiger partial charge in [-0.1, -0.05) is 51.0 Å². The van der Waals surface area contributed by atoms with E-state index in [2.05, 4.69) is 38.1 Å². The first kappa shape index (κ1) is 13.6. The summed E-state index contributed by atoms with van der Waals surface area (Å²) in [7, 11) is 0. The third-order valence-corrected chi connectivity index (χ3v) is 4.68. The minimum absolute atomic E-state index is 0.411. The predicted molar refractivity (Wildman–Crippen MR) is 76.5 cm³/mol. The molecule has 2 rings (SSSR count). The van der Waals surface area contributed by atoms with Gasteiger partial charge in [0.15, 0.2) is 0 Å². The molecule has 3 unspecified atom stereocenters. The van der Waals surface area contributed by atoms with Gasteiger partial charge in [0.25, 0.3) is 0 Å². The van der Waals surface area contributed by atoms with Crippen LogP contribution in [0.3, 0.4) is 0 Å². The molecule has 0 heterocycles. The van der Waals surface area contributed by atoms with Crippen LogP contribution < -0.4 is 0 Å². The summed E-state index contributed by atoms with van der Waals surface area (Å²) in [4.78, 5) is 0. The molecule has 1 aromatic rings. The van der Waals surface area contributed by atoms with Crippen LogP contribution in [0.1, 0.15) is 57.6 Å². The summed E-state index contributed by atoms with van der Waals surface area (Å²) in [5.41, 5.74) is 1.76. The number of benzene rings is 1. The predicted octanol–water partition coefficient (Wildman–Crippen LogP) is 4.28. The second kappa shape index (κ2) is 5.44. The van der Waals surface area contributed by atoms with E-state index in [4.69, 9.17) is 0 Å². The van der Waals surface area contributed by atoms with Gasteiger partial charge in [0.05, 0.1) is 5.60 Å². The molecular weight excluding hydrogens is 220 g/mol. The lowest BCUT2D eigenvalue weighted by Crippen LogP contribution is -2.35. The Morgan fingerprint density at radius 2 is 1.89 bits per heavy atom. The number of rotatable bonds is 3. The van der Waals surface area contributed by atoms with E-state index < -0.39 is 5.60 Å². The highest BCUT2D eigenvalue weighted by Crippen LogP contribution is 2.41. The molecule has 18 heavy (non-hydrogen) atoms. The summed E-state index contributed by atoms with van der Waals surface area (Å²) in [6.07, 6.45) is 5.95. The van der Waals surface area contributed by atoms with Gasteiger partial charge in [-0.2, -0.15) is 0 Å². The Balaban J connectivity index is 2.17. The molecule has 1 saturated carbocycles. The standard InChI is InChI=1S/C17H26O/c1-4-14-8-10-15(11-9-14)17(3,18)16-7-5-6-13(2)12-16/h8-11,13,16,18H,4-7,12H2,1-3H3. The summed E-state index contributed by atoms with van der Waals surface area (Å²) >= 11 is 0. The maximum atomic E-state index is 10.9. The van der Waals surface area contributed by atoms with Gasteiger partial charge in [-0.05, 0) is 49.1 Å². The minimum atomic E-state index is -0.666. The van der Waals surface area contributed by atoms with E-state index in [1.54, 1.807) is 0 Å². The Bertz CT molecular complexity index is 377. The normalized spacial score (nSPS) is 27.8. The highest BCUT2D eigenvalue weighted by molar-refractivity contribution is 5.27. The summed E-state index contributed by atoms with van der Waals surface area (Å²) < 4.78 is 0. The fraction of sp³-hybridized carbons (Fsp3) is 0.647. The number of hydrogen-bond donors (Lipinski definition) is 1. The maximum absolute atomic E-state index is 10.9. The van der Waals surface area contributed by atoms with E-state index in [1.165, 1.54) is 18.4 Å². The molecule has 0 aliphatic heterocycles. The molecular formula is C17H26O. The van der Waals surface area contributed by atoms with Crippen molar-refractivity contribution in [3.8, 4) is 0 Å². The van der Waals surface area contributed by atoms with Crippen LogP contribution in [-0.4, -0.2) is 5.11 Å². The molecule has 0 bridgehead atoms. The largest absolute Gasteiger partial charge is 0.385 e. The average Bonchev–Trinajstić information content (AvgIpc) is 2.39. The highest BCUT2D eigenvalue weighted by atomic mass is 16.3. The summed E-state index contributed by atoms with van der Waals surface area (Å²) in [6.45, 7) is 6.47. The SMILES string of the molecule is CCc1ccc(C(C)(O)C2CCCC(C)C2)cc1. The van der Waals surface area contributed by atoms with Crippen molar-refractivity contribution in [3.63, 3.8) is 0 Å². The highest BCUT2D eigenvalue weighted by Gasteiger charge is 2.35. The third kappa shape index (κ3) is 2.77. The van der Waals surface area contributed by atoms with Crippen molar-refractivity contribution in [2.45, 2.75) is 58.5 Å². The molecule has 0 spiro atoms. The molecule has 1 heteroatoms. The van der Waals surface area contributed by atoms with Crippen LogP contribution in [-0.2, 0) is 12.0 Å². The lowest BCUT2D eigenvalue weighted by molar-refractivity contribution is -0.0294. The second-order valence-electron chi connectivity index (χ2n) is 6.17. The van der Waals surface area contributed by atoms with Crippen LogP contribution >= 0.6 is 0 Å². The Hall–Kier alpha value is -0.820. The summed E-state index contributed by atoms with van der Waals surface area (Å²) in [6, 6.07) is 8.52. The average molecular weight is 246 g/mol. The van der Waals surface area contributed by atoms with Crippen molar-refractivity contribution in [1.29, 1.82) is 0 Å². The minimum Gasteiger partial charge on any atom is -0.385 e. The van der Waals surface area contributed by atoms with E-state index in [0.29, 0.717) is 5.92 Å². The molecule has 0 aromatic heterocycles. The van der Waals surface area contributed by atoms with Gasteiger partial charge in [-0.3, -0.25) is 0 Å². The van der Waals surface area contributed by atoms with Gasteiger partial charge < -0.3 is 5.11 Å². The van der Waals surface area contributed by atoms with Gasteiger partial charge in [-0.25, -0.2) is 0 Å². The van der Waals surface area contributed by atoms with Gasteiger partial charge in [-0.15, -0.1) is 0 Å². The molecule has 1 fully saturated rings. The maximum Gasteiger partial charge on any atom is 0.0896 e. The summed E-state index contributed by atoms with van der Waals surface area (Å²) in [5.74, 6) is 1.17. The van der Waals surface area contributed by atoms with Crippen molar-refractivity contribution in [1.82, 2.24) is 0 Å². The first-order valence-corrected chi connectivity index (χ1v) is 7.35. The summed E-state index contributed by atoms with van der Waals surface area (Å²) in [5, 5.41) is 10.9. The zero-order chi connectivity index (χ0) is 13.2. The van der Waals surface area contributed by atoms with E-state index in [9.17, 15) is 5.11 Å². The number of aliphatic hydroxyl groups is 1. The van der Waals surface area contributed by atoms with Gasteiger partial charge in [0, 0.05) is 0 Å². The molecule has 1 aliphatic carbocycles. The van der Waals surface area contributed by atoms with Crippen LogP contribution in [0, 0.1) is 11.8 Å². The number of aryl methyl sites for hydroxylation is 1. The van der Waals surface area contributed by atoms with E-state index in [0.717, 1.165) is 30.7 Å². The zero-order valence-corrected chi connectivity index (χ0v) is 11.9. The molecule has 0 saturated heterocycles. The van der Waals surface area contributed by atoms with Crippen LogP contribution in [0.4, 0.5) is 0 Å². The van der Waals surface area contributed by atoms with Crippen molar-refractivity contribution in [2.24, 2.45) is 11.8 Å². The Morgan fingerprint density at radius 3 is 2.44 bits per heavy atom. The molecule has 1 aliphatic rings. The molecule has 100 valence electrons. The van der Waals surface area contributed by atoms with E-state index in [1.807, 2.05) is 6.92 Å². The van der Waals surface area contributed by atoms with E-state index >= 15 is 0 Å². The van der Waals surface area contributed by atoms with Crippen LogP contribution in [0.2, 0.25) is 0 Å². The van der Waals surface area contributed by atoms with Gasteiger partial charge in [0.1, 0.15) is 0 Å². The Kier molecular flexibility index (Phi) is 4.11. The third-order valence-electron chi connectivity index (χ3n) is 4.68. The first-order chi connectivity index (χ1) is 8.54. The van der Waals surface area contributed by atoms with Crippen molar-refractivity contribution in [3.05, 3.63) is 35.4 Å². The quantitative estimate of drug-likeness (QED) is 0.844. The van der Waals surface area contributed by atoms with Crippen molar-refractivity contribution in [2.75, 3.05) is 0 Å². The Labute approximate surface area is 111 Å². The molecule has 1 nitrogen and oxygen atoms in total. The molecule has 1 N–H and O–H groups in total. The fourth-order valence-electron chi connectivity index (χ4n) is 3.26. The molecule has 0 radical (unpaired) electrons. The number of hydrogen-bond acceptors (Lipinski definition) is 1. The second-order valence-corrected chi connectivity index (χ2v) is 6.17. The molecule has 0 amide bonds. The molecule has 3 atom stereocenters. The lowest BCUT2D eigenvalue weighted by Gasteiger charge is -2.38. The van der Waals surface area contributed by atoms with Crippen LogP contribution in [0.15, 0.2) is 24.3 Å². The van der Waals surface area contributed by atoms with Gasteiger partial charge >= 0.3 is 0 Å². The van der Waals surface area contributed by atoms with Crippen LogP contribution in [0.5, 0.6) is 0 Å². The topological polar surface area (TPSA) is 20.2 Å². The monoisotopic (exact) mass is 246 g/mol. The van der Waals surface area contributed by atoms with E-state index in [-0.39, 0.29) is 0 Å². The van der Waals surface area contributed by atoms with Crippen molar-refractivity contribution < 1.29 is 5.11 Å². The zero-order valence-electron chi connectivity index (χ0n) is 11.9. The van der Waals surface area contributed by atoms with Gasteiger partial charge in [0.2, 0.25) is 0 Å². The lowest BCUT2D eigenvalue weighted by atomic mass is 9.71. The smallest absolute Gasteiger partial charge is 0.0896 e. The Morgan fingerprint density at radius 1 is 1.22 bits per heavy atom.